The molecule has 2 fully saturated rings. The van der Waals surface area contributed by atoms with Crippen molar-refractivity contribution in [3.63, 3.8) is 0 Å². The summed E-state index contributed by atoms with van der Waals surface area (Å²) in [6.07, 6.45) is 0.266. The fraction of sp³-hybridized carbons (Fsp3) is 0.579. The molecule has 2 aliphatic rings. The molecule has 1 N–H and O–H groups in total. The Bertz CT molecular complexity index is 649. The van der Waals surface area contributed by atoms with Crippen LogP contribution in [0, 0.1) is 11.7 Å². The van der Waals surface area contributed by atoms with Crippen LogP contribution in [-0.2, 0) is 14.3 Å². The zero-order valence-electron chi connectivity index (χ0n) is 15.1. The summed E-state index contributed by atoms with van der Waals surface area (Å²) in [5.74, 6) is -0.668. The van der Waals surface area contributed by atoms with Crippen molar-refractivity contribution in [1.29, 1.82) is 0 Å². The Hall–Kier alpha value is -1.99. The molecule has 1 aromatic carbocycles. The molecule has 0 saturated carbocycles. The number of amides is 2. The molecule has 2 aliphatic heterocycles. The van der Waals surface area contributed by atoms with Gasteiger partial charge in [-0.3, -0.25) is 14.5 Å². The Kier molecular flexibility index (Phi) is 6.21. The molecule has 0 aromatic heterocycles. The van der Waals surface area contributed by atoms with Gasteiger partial charge in [0, 0.05) is 39.1 Å². The molecule has 26 heavy (non-hydrogen) atoms. The van der Waals surface area contributed by atoms with Crippen molar-refractivity contribution in [3.05, 3.63) is 35.6 Å². The van der Waals surface area contributed by atoms with E-state index in [1.54, 1.807) is 11.0 Å². The van der Waals surface area contributed by atoms with Crippen molar-refractivity contribution >= 4 is 11.8 Å². The summed E-state index contributed by atoms with van der Waals surface area (Å²) in [5.41, 5.74) is 0.838. The van der Waals surface area contributed by atoms with Crippen molar-refractivity contribution in [2.24, 2.45) is 5.92 Å². The highest BCUT2D eigenvalue weighted by atomic mass is 19.1. The lowest BCUT2D eigenvalue weighted by atomic mass is 10.0. The predicted molar refractivity (Wildman–Crippen MR) is 94.9 cm³/mol. The Morgan fingerprint density at radius 2 is 2.15 bits per heavy atom. The van der Waals surface area contributed by atoms with Crippen LogP contribution in [0.4, 0.5) is 4.39 Å². The quantitative estimate of drug-likeness (QED) is 0.825. The minimum Gasteiger partial charge on any atom is -0.379 e. The van der Waals surface area contributed by atoms with E-state index in [4.69, 9.17) is 4.74 Å². The van der Waals surface area contributed by atoms with Gasteiger partial charge in [0.1, 0.15) is 5.82 Å². The van der Waals surface area contributed by atoms with Gasteiger partial charge in [0.15, 0.2) is 0 Å². The molecular formula is C19H26FN3O3. The summed E-state index contributed by atoms with van der Waals surface area (Å²) in [5, 5.41) is 2.98. The molecule has 1 aromatic rings. The molecule has 2 unspecified atom stereocenters. The van der Waals surface area contributed by atoms with E-state index in [0.717, 1.165) is 18.7 Å². The van der Waals surface area contributed by atoms with Crippen LogP contribution in [0.3, 0.4) is 0 Å². The van der Waals surface area contributed by atoms with Crippen LogP contribution in [0.25, 0.3) is 0 Å². The van der Waals surface area contributed by atoms with Gasteiger partial charge in [0.2, 0.25) is 11.8 Å². The number of halogens is 1. The van der Waals surface area contributed by atoms with Gasteiger partial charge in [-0.2, -0.15) is 0 Å². The fourth-order valence-electron chi connectivity index (χ4n) is 3.66. The van der Waals surface area contributed by atoms with Gasteiger partial charge in [0.05, 0.1) is 25.2 Å². The molecular weight excluding hydrogens is 337 g/mol. The lowest BCUT2D eigenvalue weighted by Gasteiger charge is -2.35. The highest BCUT2D eigenvalue weighted by molar-refractivity contribution is 5.89. The SMILES string of the molecule is CCN1CC(C(=O)NCC(c2cccc(F)c2)N2CCOCC2)CC1=O. The Morgan fingerprint density at radius 3 is 2.81 bits per heavy atom. The highest BCUT2D eigenvalue weighted by Crippen LogP contribution is 2.23. The van der Waals surface area contributed by atoms with E-state index in [1.807, 2.05) is 13.0 Å². The lowest BCUT2D eigenvalue weighted by Crippen LogP contribution is -2.45. The van der Waals surface area contributed by atoms with E-state index in [1.165, 1.54) is 12.1 Å². The molecule has 2 heterocycles. The fourth-order valence-corrected chi connectivity index (χ4v) is 3.66. The molecule has 142 valence electrons. The minimum atomic E-state index is -0.305. The number of rotatable bonds is 6. The van der Waals surface area contributed by atoms with Gasteiger partial charge in [-0.25, -0.2) is 4.39 Å². The number of benzene rings is 1. The maximum Gasteiger partial charge on any atom is 0.225 e. The standard InChI is InChI=1S/C19H26FN3O3/c1-2-22-13-15(11-18(22)24)19(25)21-12-17(23-6-8-26-9-7-23)14-4-3-5-16(20)10-14/h3-5,10,15,17H,2,6-9,11-13H2,1H3,(H,21,25). The van der Waals surface area contributed by atoms with Crippen LogP contribution in [0.1, 0.15) is 24.9 Å². The van der Waals surface area contributed by atoms with Crippen LogP contribution < -0.4 is 5.32 Å². The van der Waals surface area contributed by atoms with Crippen LogP contribution in [0.15, 0.2) is 24.3 Å². The summed E-state index contributed by atoms with van der Waals surface area (Å²) < 4.78 is 19.1. The third-order valence-corrected chi connectivity index (χ3v) is 5.16. The van der Waals surface area contributed by atoms with Gasteiger partial charge in [-0.15, -0.1) is 0 Å². The number of hydrogen-bond acceptors (Lipinski definition) is 4. The average molecular weight is 363 g/mol. The van der Waals surface area contributed by atoms with E-state index in [0.29, 0.717) is 32.8 Å². The first-order valence-corrected chi connectivity index (χ1v) is 9.21. The van der Waals surface area contributed by atoms with Gasteiger partial charge < -0.3 is 15.0 Å². The molecule has 0 bridgehead atoms. The predicted octanol–water partition coefficient (Wildman–Crippen LogP) is 1.18. The number of ether oxygens (including phenoxy) is 1. The topological polar surface area (TPSA) is 61.9 Å². The minimum absolute atomic E-state index is 0.0301. The monoisotopic (exact) mass is 363 g/mol. The lowest BCUT2D eigenvalue weighted by molar-refractivity contribution is -0.129. The van der Waals surface area contributed by atoms with Crippen LogP contribution >= 0.6 is 0 Å². The number of carbonyl (C=O) groups is 2. The maximum atomic E-state index is 13.7. The second-order valence-corrected chi connectivity index (χ2v) is 6.80. The highest BCUT2D eigenvalue weighted by Gasteiger charge is 2.34. The van der Waals surface area contributed by atoms with E-state index in [2.05, 4.69) is 10.2 Å². The van der Waals surface area contributed by atoms with Gasteiger partial charge in [-0.05, 0) is 24.6 Å². The average Bonchev–Trinajstić information content (AvgIpc) is 3.04. The first-order chi connectivity index (χ1) is 12.6. The Morgan fingerprint density at radius 1 is 1.38 bits per heavy atom. The van der Waals surface area contributed by atoms with E-state index in [9.17, 15) is 14.0 Å². The molecule has 0 aliphatic carbocycles. The second kappa shape index (κ2) is 8.60. The first-order valence-electron chi connectivity index (χ1n) is 9.21. The summed E-state index contributed by atoms with van der Waals surface area (Å²) in [6, 6.07) is 6.40. The maximum absolute atomic E-state index is 13.7. The molecule has 2 atom stereocenters. The molecule has 2 saturated heterocycles. The van der Waals surface area contributed by atoms with Crippen LogP contribution in [-0.4, -0.2) is 67.6 Å². The Balaban J connectivity index is 1.66. The van der Waals surface area contributed by atoms with Crippen molar-refractivity contribution < 1.29 is 18.7 Å². The second-order valence-electron chi connectivity index (χ2n) is 6.80. The number of nitrogens with one attached hydrogen (secondary N) is 1. The van der Waals surface area contributed by atoms with Crippen LogP contribution in [0.2, 0.25) is 0 Å². The van der Waals surface area contributed by atoms with Gasteiger partial charge in [-0.1, -0.05) is 12.1 Å². The number of morpholine rings is 1. The van der Waals surface area contributed by atoms with Crippen molar-refractivity contribution in [2.75, 3.05) is 45.9 Å². The van der Waals surface area contributed by atoms with E-state index >= 15 is 0 Å². The van der Waals surface area contributed by atoms with E-state index < -0.39 is 0 Å². The van der Waals surface area contributed by atoms with Crippen LogP contribution in [0.5, 0.6) is 0 Å². The molecule has 6 nitrogen and oxygen atoms in total. The van der Waals surface area contributed by atoms with Crippen molar-refractivity contribution in [2.45, 2.75) is 19.4 Å². The Labute approximate surface area is 153 Å². The zero-order valence-corrected chi connectivity index (χ0v) is 15.1. The number of nitrogens with zero attached hydrogens (tertiary/aromatic N) is 2. The summed E-state index contributed by atoms with van der Waals surface area (Å²) in [7, 11) is 0. The molecule has 3 rings (SSSR count). The van der Waals surface area contributed by atoms with Gasteiger partial charge in [0.25, 0.3) is 0 Å². The number of carbonyl (C=O) groups excluding carboxylic acids is 2. The third kappa shape index (κ3) is 4.40. The van der Waals surface area contributed by atoms with Crippen molar-refractivity contribution in [3.8, 4) is 0 Å². The first kappa shape index (κ1) is 18.8. The molecule has 0 radical (unpaired) electrons. The van der Waals surface area contributed by atoms with Crippen molar-refractivity contribution in [1.82, 2.24) is 15.1 Å². The molecule has 0 spiro atoms. The normalized spacial score (nSPS) is 22.5. The molecule has 2 amide bonds. The van der Waals surface area contributed by atoms with Gasteiger partial charge >= 0.3 is 0 Å². The summed E-state index contributed by atoms with van der Waals surface area (Å²) in [6.45, 7) is 6.14. The largest absolute Gasteiger partial charge is 0.379 e. The smallest absolute Gasteiger partial charge is 0.225 e. The summed E-state index contributed by atoms with van der Waals surface area (Å²) >= 11 is 0. The van der Waals surface area contributed by atoms with E-state index in [-0.39, 0.29) is 36.0 Å². The molecule has 7 heteroatoms. The summed E-state index contributed by atoms with van der Waals surface area (Å²) in [4.78, 5) is 28.3. The number of likely N-dealkylation sites (tertiary alicyclic amines) is 1. The number of hydrogen-bond donors (Lipinski definition) is 1. The zero-order chi connectivity index (χ0) is 18.5. The third-order valence-electron chi connectivity index (χ3n) is 5.16.